The quantitative estimate of drug-likeness (QED) is 0.384. The number of rotatable bonds is 11. The van der Waals surface area contributed by atoms with Crippen molar-refractivity contribution in [3.63, 3.8) is 0 Å². The monoisotopic (exact) mass is 532 g/mol. The zero-order chi connectivity index (χ0) is 27.3. The number of anilines is 1. The minimum Gasteiger partial charge on any atom is -0.490 e. The highest BCUT2D eigenvalue weighted by atomic mass is 19.3. The van der Waals surface area contributed by atoms with Gasteiger partial charge in [0.15, 0.2) is 11.5 Å². The van der Waals surface area contributed by atoms with Crippen molar-refractivity contribution in [1.29, 1.82) is 0 Å². The second-order valence-corrected chi connectivity index (χ2v) is 9.12. The predicted molar refractivity (Wildman–Crippen MR) is 129 cm³/mol. The number of hydrogen-bond donors (Lipinski definition) is 2. The van der Waals surface area contributed by atoms with Crippen LogP contribution in [0, 0.1) is 6.92 Å². The summed E-state index contributed by atoms with van der Waals surface area (Å²) in [5.74, 6) is -2.86. The van der Waals surface area contributed by atoms with Crippen LogP contribution in [-0.2, 0) is 24.2 Å². The molecule has 1 aliphatic rings. The van der Waals surface area contributed by atoms with Crippen LogP contribution in [-0.4, -0.2) is 67.2 Å². The lowest BCUT2D eigenvalue weighted by Gasteiger charge is -2.34. The Labute approximate surface area is 216 Å². The van der Waals surface area contributed by atoms with E-state index in [2.05, 4.69) is 36.1 Å². The summed E-state index contributed by atoms with van der Waals surface area (Å²) in [6, 6.07) is 6.40. The number of aryl methyl sites for hydroxylation is 2. The molecular formula is C24H27F3N8O3. The average molecular weight is 533 g/mol. The van der Waals surface area contributed by atoms with Gasteiger partial charge in [0.2, 0.25) is 5.91 Å². The van der Waals surface area contributed by atoms with E-state index in [1.165, 1.54) is 17.9 Å². The summed E-state index contributed by atoms with van der Waals surface area (Å²) in [6.07, 6.45) is -0.695. The first-order valence-electron chi connectivity index (χ1n) is 12.0. The molecule has 0 radical (unpaired) electrons. The molecule has 14 heteroatoms. The summed E-state index contributed by atoms with van der Waals surface area (Å²) < 4.78 is 47.3. The summed E-state index contributed by atoms with van der Waals surface area (Å²) in [5.41, 5.74) is 1.68. The van der Waals surface area contributed by atoms with Crippen LogP contribution >= 0.6 is 0 Å². The number of carbonyl (C=O) groups is 2. The molecule has 1 aliphatic carbocycles. The van der Waals surface area contributed by atoms with Crippen LogP contribution < -0.4 is 15.4 Å². The zero-order valence-corrected chi connectivity index (χ0v) is 20.8. The van der Waals surface area contributed by atoms with E-state index in [0.717, 1.165) is 0 Å². The molecule has 3 aromatic heterocycles. The number of aromatic nitrogens is 6. The topological polar surface area (TPSA) is 137 Å². The van der Waals surface area contributed by atoms with Gasteiger partial charge < -0.3 is 15.4 Å². The van der Waals surface area contributed by atoms with Gasteiger partial charge in [-0.3, -0.25) is 14.6 Å². The lowest BCUT2D eigenvalue weighted by molar-refractivity contribution is -0.134. The lowest BCUT2D eigenvalue weighted by atomic mass is 9.91. The normalized spacial score (nSPS) is 15.4. The van der Waals surface area contributed by atoms with E-state index in [4.69, 9.17) is 4.74 Å². The van der Waals surface area contributed by atoms with Crippen LogP contribution in [0.4, 0.5) is 19.0 Å². The number of ether oxygens (including phenoxy) is 1. The summed E-state index contributed by atoms with van der Waals surface area (Å²) in [4.78, 5) is 28.3. The molecule has 3 heterocycles. The van der Waals surface area contributed by atoms with Gasteiger partial charge in [0.05, 0.1) is 30.6 Å². The summed E-state index contributed by atoms with van der Waals surface area (Å²) in [5, 5.41) is 20.5. The molecule has 3 aromatic rings. The molecule has 2 N–H and O–H groups in total. The van der Waals surface area contributed by atoms with Gasteiger partial charge in [-0.25, -0.2) is 17.9 Å². The van der Waals surface area contributed by atoms with Crippen LogP contribution in [0.5, 0.6) is 5.75 Å². The highest BCUT2D eigenvalue weighted by Gasteiger charge is 2.47. The lowest BCUT2D eigenvalue weighted by Crippen LogP contribution is -2.43. The molecular weight excluding hydrogens is 505 g/mol. The maximum Gasteiger partial charge on any atom is 0.273 e. The number of nitrogens with one attached hydrogen (secondary N) is 2. The number of halogens is 3. The van der Waals surface area contributed by atoms with Crippen molar-refractivity contribution < 1.29 is 27.5 Å². The molecule has 1 fully saturated rings. The second-order valence-electron chi connectivity index (χ2n) is 9.12. The van der Waals surface area contributed by atoms with E-state index < -0.39 is 24.1 Å². The van der Waals surface area contributed by atoms with Crippen molar-refractivity contribution in [2.45, 2.75) is 63.8 Å². The summed E-state index contributed by atoms with van der Waals surface area (Å²) >= 11 is 0. The third-order valence-electron chi connectivity index (χ3n) is 5.76. The van der Waals surface area contributed by atoms with Gasteiger partial charge in [-0.05, 0) is 31.9 Å². The minimum atomic E-state index is -2.68. The number of amides is 2. The van der Waals surface area contributed by atoms with E-state index in [-0.39, 0.29) is 49.6 Å². The third-order valence-corrected chi connectivity index (χ3v) is 5.76. The number of alkyl halides is 3. The first-order chi connectivity index (χ1) is 18.1. The maximum absolute atomic E-state index is 14.4. The van der Waals surface area contributed by atoms with Gasteiger partial charge in [0, 0.05) is 37.7 Å². The first-order valence-corrected chi connectivity index (χ1v) is 12.0. The van der Waals surface area contributed by atoms with Crippen LogP contribution in [0.25, 0.3) is 0 Å². The Morgan fingerprint density at radius 1 is 1.18 bits per heavy atom. The van der Waals surface area contributed by atoms with Crippen molar-refractivity contribution in [3.8, 4) is 5.75 Å². The van der Waals surface area contributed by atoms with Gasteiger partial charge in [-0.2, -0.15) is 5.10 Å². The Balaban J connectivity index is 1.23. The summed E-state index contributed by atoms with van der Waals surface area (Å²) in [7, 11) is 1.47. The molecule has 0 aliphatic heterocycles. The van der Waals surface area contributed by atoms with Crippen molar-refractivity contribution in [3.05, 3.63) is 53.2 Å². The molecule has 1 saturated carbocycles. The Morgan fingerprint density at radius 2 is 1.97 bits per heavy atom. The minimum absolute atomic E-state index is 0.0571. The van der Waals surface area contributed by atoms with Crippen LogP contribution in [0.2, 0.25) is 0 Å². The van der Waals surface area contributed by atoms with Crippen LogP contribution in [0.15, 0.2) is 30.5 Å². The van der Waals surface area contributed by atoms with E-state index in [1.807, 2.05) is 0 Å². The number of hydrogen-bond acceptors (Lipinski definition) is 8. The Hall–Kier alpha value is -4.10. The second kappa shape index (κ2) is 11.5. The van der Waals surface area contributed by atoms with Crippen molar-refractivity contribution in [2.24, 2.45) is 0 Å². The Bertz CT molecular complexity index is 1280. The molecule has 38 heavy (non-hydrogen) atoms. The van der Waals surface area contributed by atoms with Gasteiger partial charge in [0.1, 0.15) is 18.0 Å². The molecule has 11 nitrogen and oxygen atoms in total. The molecule has 4 rings (SSSR count). The van der Waals surface area contributed by atoms with E-state index in [0.29, 0.717) is 29.3 Å². The third kappa shape index (κ3) is 7.46. The number of carbonyl (C=O) groups excluding carboxylic acids is 2. The van der Waals surface area contributed by atoms with Gasteiger partial charge in [-0.15, -0.1) is 10.2 Å². The number of pyridine rings is 1. The van der Waals surface area contributed by atoms with Gasteiger partial charge in [0.25, 0.3) is 11.8 Å². The fraction of sp³-hybridized carbons (Fsp3) is 0.458. The first kappa shape index (κ1) is 26.9. The molecule has 202 valence electrons. The van der Waals surface area contributed by atoms with E-state index in [1.54, 1.807) is 31.2 Å². The molecule has 2 amide bonds. The Morgan fingerprint density at radius 3 is 2.66 bits per heavy atom. The van der Waals surface area contributed by atoms with Crippen molar-refractivity contribution in [2.75, 3.05) is 12.4 Å². The molecule has 0 spiro atoms. The molecule has 0 unspecified atom stereocenters. The van der Waals surface area contributed by atoms with E-state index in [9.17, 15) is 22.8 Å². The molecule has 1 atom stereocenters. The fourth-order valence-electron chi connectivity index (χ4n) is 3.87. The standard InChI is InChI=1S/C24H27F3N8O3/c1-14-7-18(38-19-10-24(26,27)11-19)8-17(29-14)9-22(36)30-21-6-5-16(31-33-21)4-3-15(25)12-35-13-20(32-34-35)23(37)28-2/h5-8,13,15,19H,3-4,9-12H2,1-2H3,(H,28,37)(H,30,33,36)/t15-/m0/s1. The largest absolute Gasteiger partial charge is 0.490 e. The molecule has 0 saturated heterocycles. The van der Waals surface area contributed by atoms with E-state index >= 15 is 0 Å². The van der Waals surface area contributed by atoms with Gasteiger partial charge >= 0.3 is 0 Å². The number of nitrogens with zero attached hydrogens (tertiary/aromatic N) is 6. The van der Waals surface area contributed by atoms with Crippen molar-refractivity contribution in [1.82, 2.24) is 35.5 Å². The highest BCUT2D eigenvalue weighted by Crippen LogP contribution is 2.39. The fourth-order valence-corrected chi connectivity index (χ4v) is 3.87. The predicted octanol–water partition coefficient (Wildman–Crippen LogP) is 2.46. The molecule has 0 bridgehead atoms. The van der Waals surface area contributed by atoms with Gasteiger partial charge in [-0.1, -0.05) is 5.21 Å². The SMILES string of the molecule is CNC(=O)c1cn(C[C@@H](F)CCc2ccc(NC(=O)Cc3cc(OC4CC(F)(F)C4)cc(C)n3)nn2)nn1. The Kier molecular flexibility index (Phi) is 8.17. The van der Waals surface area contributed by atoms with Crippen LogP contribution in [0.3, 0.4) is 0 Å². The highest BCUT2D eigenvalue weighted by molar-refractivity contribution is 5.91. The van der Waals surface area contributed by atoms with Crippen molar-refractivity contribution >= 4 is 17.6 Å². The summed E-state index contributed by atoms with van der Waals surface area (Å²) in [6.45, 7) is 1.67. The smallest absolute Gasteiger partial charge is 0.273 e. The van der Waals surface area contributed by atoms with Crippen LogP contribution in [0.1, 0.15) is 46.8 Å². The zero-order valence-electron chi connectivity index (χ0n) is 20.8. The average Bonchev–Trinajstić information content (AvgIpc) is 3.30. The molecule has 0 aromatic carbocycles. The maximum atomic E-state index is 14.4.